The van der Waals surface area contributed by atoms with E-state index in [2.05, 4.69) is 35.9 Å². The van der Waals surface area contributed by atoms with Gasteiger partial charge < -0.3 is 4.98 Å². The van der Waals surface area contributed by atoms with Crippen molar-refractivity contribution < 1.29 is 0 Å². The first-order chi connectivity index (χ1) is 10.6. The predicted octanol–water partition coefficient (Wildman–Crippen LogP) is 4.34. The number of thioether (sulfide) groups is 1. The Kier molecular flexibility index (Phi) is 4.29. The van der Waals surface area contributed by atoms with Gasteiger partial charge in [0.1, 0.15) is 5.82 Å². The van der Waals surface area contributed by atoms with E-state index in [0.29, 0.717) is 17.1 Å². The lowest BCUT2D eigenvalue weighted by atomic mass is 10.2. The Labute approximate surface area is 133 Å². The van der Waals surface area contributed by atoms with Crippen molar-refractivity contribution in [3.63, 3.8) is 0 Å². The molecule has 0 aliphatic heterocycles. The number of hydrogen-bond acceptors (Lipinski definition) is 3. The number of hydrogen-bond donors (Lipinski definition) is 1. The Morgan fingerprint density at radius 1 is 1.14 bits per heavy atom. The highest BCUT2D eigenvalue weighted by Gasteiger charge is 2.06. The van der Waals surface area contributed by atoms with Crippen molar-refractivity contribution in [1.29, 1.82) is 0 Å². The van der Waals surface area contributed by atoms with E-state index in [4.69, 9.17) is 0 Å². The average molecular weight is 310 g/mol. The van der Waals surface area contributed by atoms with Gasteiger partial charge in [-0.2, -0.15) is 0 Å². The third-order valence-corrected chi connectivity index (χ3v) is 4.72. The molecule has 112 valence electrons. The monoisotopic (exact) mass is 310 g/mol. The van der Waals surface area contributed by atoms with Gasteiger partial charge in [-0.25, -0.2) is 4.98 Å². The fourth-order valence-corrected chi connectivity index (χ4v) is 3.13. The molecule has 0 aliphatic carbocycles. The van der Waals surface area contributed by atoms with Crippen LogP contribution in [0.3, 0.4) is 0 Å². The first kappa shape index (κ1) is 14.9. The van der Waals surface area contributed by atoms with Crippen LogP contribution >= 0.6 is 11.8 Å². The number of para-hydroxylation sites is 1. The fraction of sp³-hybridized carbons (Fsp3) is 0.222. The second kappa shape index (κ2) is 6.36. The zero-order valence-electron chi connectivity index (χ0n) is 12.7. The molecule has 3 aromatic rings. The molecule has 0 saturated heterocycles. The van der Waals surface area contributed by atoms with E-state index < -0.39 is 0 Å². The molecule has 0 aliphatic rings. The van der Waals surface area contributed by atoms with Gasteiger partial charge in [-0.05, 0) is 30.2 Å². The Morgan fingerprint density at radius 3 is 2.77 bits per heavy atom. The lowest BCUT2D eigenvalue weighted by Gasteiger charge is -2.07. The van der Waals surface area contributed by atoms with E-state index >= 15 is 0 Å². The van der Waals surface area contributed by atoms with Crippen molar-refractivity contribution in [3.05, 3.63) is 58.9 Å². The molecule has 0 atom stereocenters. The smallest absolute Gasteiger partial charge is 0.259 e. The first-order valence-electron chi connectivity index (χ1n) is 7.36. The van der Waals surface area contributed by atoms with Crippen LogP contribution in [-0.4, -0.2) is 15.7 Å². The first-order valence-corrected chi connectivity index (χ1v) is 8.34. The number of H-pyrrole nitrogens is 1. The van der Waals surface area contributed by atoms with Crippen molar-refractivity contribution in [3.8, 4) is 11.4 Å². The summed E-state index contributed by atoms with van der Waals surface area (Å²) in [7, 11) is 0. The average Bonchev–Trinajstić information content (AvgIpc) is 2.53. The number of aromatic amines is 1. The minimum atomic E-state index is -0.0964. The van der Waals surface area contributed by atoms with Gasteiger partial charge in [-0.1, -0.05) is 38.1 Å². The summed E-state index contributed by atoms with van der Waals surface area (Å²) in [5.41, 5.74) is 1.57. The van der Waals surface area contributed by atoms with E-state index in [0.717, 1.165) is 16.8 Å². The third-order valence-electron chi connectivity index (χ3n) is 3.30. The molecule has 4 heteroatoms. The molecule has 0 spiro atoms. The highest BCUT2D eigenvalue weighted by Crippen LogP contribution is 2.25. The van der Waals surface area contributed by atoms with Crippen LogP contribution in [0.15, 0.2) is 58.2 Å². The van der Waals surface area contributed by atoms with Crippen LogP contribution in [0, 0.1) is 5.92 Å². The van der Waals surface area contributed by atoms with E-state index in [9.17, 15) is 4.79 Å². The molecular weight excluding hydrogens is 292 g/mol. The largest absolute Gasteiger partial charge is 0.306 e. The number of benzene rings is 2. The van der Waals surface area contributed by atoms with Gasteiger partial charge in [-0.3, -0.25) is 4.79 Å². The molecule has 0 amide bonds. The molecule has 0 radical (unpaired) electrons. The van der Waals surface area contributed by atoms with E-state index in [1.807, 2.05) is 42.1 Å². The zero-order valence-corrected chi connectivity index (χ0v) is 13.5. The molecule has 3 nitrogen and oxygen atoms in total. The molecule has 0 bridgehead atoms. The van der Waals surface area contributed by atoms with Gasteiger partial charge >= 0.3 is 0 Å². The topological polar surface area (TPSA) is 45.8 Å². The second-order valence-corrected chi connectivity index (χ2v) is 6.76. The molecule has 0 unspecified atom stereocenters. The van der Waals surface area contributed by atoms with E-state index in [1.165, 1.54) is 4.90 Å². The van der Waals surface area contributed by atoms with Crippen molar-refractivity contribution in [2.45, 2.75) is 18.7 Å². The van der Waals surface area contributed by atoms with E-state index in [1.54, 1.807) is 6.07 Å². The molecule has 2 aromatic carbocycles. The van der Waals surface area contributed by atoms with Crippen LogP contribution in [0.5, 0.6) is 0 Å². The molecule has 3 rings (SSSR count). The minimum absolute atomic E-state index is 0.0964. The Hall–Kier alpha value is -2.07. The summed E-state index contributed by atoms with van der Waals surface area (Å²) in [5.74, 6) is 2.34. The highest BCUT2D eigenvalue weighted by molar-refractivity contribution is 7.99. The van der Waals surface area contributed by atoms with Gasteiger partial charge in [0.25, 0.3) is 5.56 Å². The van der Waals surface area contributed by atoms with Crippen molar-refractivity contribution in [2.24, 2.45) is 5.92 Å². The van der Waals surface area contributed by atoms with Crippen LogP contribution in [0.4, 0.5) is 0 Å². The Morgan fingerprint density at radius 2 is 1.95 bits per heavy atom. The van der Waals surface area contributed by atoms with Gasteiger partial charge in [0, 0.05) is 16.2 Å². The molecule has 0 saturated carbocycles. The molecule has 22 heavy (non-hydrogen) atoms. The lowest BCUT2D eigenvalue weighted by Crippen LogP contribution is -2.09. The van der Waals surface area contributed by atoms with Crippen LogP contribution in [-0.2, 0) is 0 Å². The van der Waals surface area contributed by atoms with Crippen molar-refractivity contribution >= 4 is 22.7 Å². The summed E-state index contributed by atoms with van der Waals surface area (Å²) in [6, 6.07) is 15.6. The van der Waals surface area contributed by atoms with Crippen molar-refractivity contribution in [2.75, 3.05) is 5.75 Å². The third kappa shape index (κ3) is 3.22. The van der Waals surface area contributed by atoms with Gasteiger partial charge in [0.15, 0.2) is 0 Å². The highest BCUT2D eigenvalue weighted by atomic mass is 32.2. The molecule has 0 fully saturated rings. The van der Waals surface area contributed by atoms with E-state index in [-0.39, 0.29) is 5.56 Å². The number of aromatic nitrogens is 2. The number of fused-ring (bicyclic) bond motifs is 1. The van der Waals surface area contributed by atoms with Gasteiger partial charge in [0.05, 0.1) is 10.9 Å². The summed E-state index contributed by atoms with van der Waals surface area (Å²) in [6.45, 7) is 4.42. The number of rotatable bonds is 4. The summed E-state index contributed by atoms with van der Waals surface area (Å²) < 4.78 is 0. The maximum atomic E-state index is 12.2. The normalized spacial score (nSPS) is 11.2. The minimum Gasteiger partial charge on any atom is -0.306 e. The molecule has 1 N–H and O–H groups in total. The predicted molar refractivity (Wildman–Crippen MR) is 93.4 cm³/mol. The van der Waals surface area contributed by atoms with Gasteiger partial charge in [-0.15, -0.1) is 11.8 Å². The summed E-state index contributed by atoms with van der Waals surface area (Å²) in [4.78, 5) is 20.8. The van der Waals surface area contributed by atoms with Crippen LogP contribution < -0.4 is 5.56 Å². The SMILES string of the molecule is CC(C)CSc1cccc(-c2nc3ccccc3c(=O)[nH]2)c1. The number of nitrogens with one attached hydrogen (secondary N) is 1. The fourth-order valence-electron chi connectivity index (χ4n) is 2.22. The van der Waals surface area contributed by atoms with Crippen LogP contribution in [0.2, 0.25) is 0 Å². The molecular formula is C18H18N2OS. The summed E-state index contributed by atoms with van der Waals surface area (Å²) in [5, 5.41) is 0.622. The zero-order chi connectivity index (χ0) is 15.5. The lowest BCUT2D eigenvalue weighted by molar-refractivity contribution is 0.750. The maximum Gasteiger partial charge on any atom is 0.259 e. The van der Waals surface area contributed by atoms with Gasteiger partial charge in [0.2, 0.25) is 0 Å². The Balaban J connectivity index is 2.00. The van der Waals surface area contributed by atoms with Crippen LogP contribution in [0.1, 0.15) is 13.8 Å². The van der Waals surface area contributed by atoms with Crippen molar-refractivity contribution in [1.82, 2.24) is 9.97 Å². The Bertz CT molecular complexity index is 855. The molecule has 1 heterocycles. The second-order valence-electron chi connectivity index (χ2n) is 5.66. The van der Waals surface area contributed by atoms with Crippen LogP contribution in [0.25, 0.3) is 22.3 Å². The summed E-state index contributed by atoms with van der Waals surface area (Å²) in [6.07, 6.45) is 0. The number of nitrogens with zero attached hydrogens (tertiary/aromatic N) is 1. The molecule has 1 aromatic heterocycles. The standard InChI is InChI=1S/C18H18N2OS/c1-12(2)11-22-14-7-5-6-13(10-14)17-19-16-9-4-3-8-15(16)18(21)20-17/h3-10,12H,11H2,1-2H3,(H,19,20,21). The maximum absolute atomic E-state index is 12.2. The summed E-state index contributed by atoms with van der Waals surface area (Å²) >= 11 is 1.83. The quantitative estimate of drug-likeness (QED) is 0.729.